The minimum absolute atomic E-state index is 0.0246. The first kappa shape index (κ1) is 23.8. The van der Waals surface area contributed by atoms with Crippen LogP contribution in [0.15, 0.2) is 35.0 Å². The van der Waals surface area contributed by atoms with Crippen LogP contribution in [0.5, 0.6) is 5.88 Å². The highest BCUT2D eigenvalue weighted by molar-refractivity contribution is 5.95. The van der Waals surface area contributed by atoms with E-state index >= 15 is 0 Å². The summed E-state index contributed by atoms with van der Waals surface area (Å²) in [6, 6.07) is 6.69. The van der Waals surface area contributed by atoms with Crippen molar-refractivity contribution in [2.45, 2.75) is 59.6 Å². The molecule has 0 bridgehead atoms. The van der Waals surface area contributed by atoms with E-state index in [2.05, 4.69) is 20.6 Å². The van der Waals surface area contributed by atoms with Crippen LogP contribution in [0.1, 0.15) is 67.7 Å². The first-order chi connectivity index (χ1) is 15.5. The summed E-state index contributed by atoms with van der Waals surface area (Å²) < 4.78 is 12.2. The summed E-state index contributed by atoms with van der Waals surface area (Å²) in [5.74, 6) is 0.560. The van der Waals surface area contributed by atoms with Gasteiger partial charge in [0, 0.05) is 23.9 Å². The fourth-order valence-corrected chi connectivity index (χ4v) is 2.99. The summed E-state index contributed by atoms with van der Waals surface area (Å²) in [5.41, 5.74) is 1.74. The Morgan fingerprint density at radius 3 is 2.55 bits per heavy atom. The van der Waals surface area contributed by atoms with E-state index in [-0.39, 0.29) is 46.9 Å². The Balaban J connectivity index is 1.87. The van der Waals surface area contributed by atoms with Crippen LogP contribution in [0.25, 0.3) is 0 Å². The Morgan fingerprint density at radius 2 is 2.00 bits per heavy atom. The minimum atomic E-state index is -0.351. The molecule has 3 heterocycles. The number of nitrogens with zero attached hydrogens (tertiary/aromatic N) is 4. The van der Waals surface area contributed by atoms with Crippen LogP contribution in [-0.4, -0.2) is 37.7 Å². The van der Waals surface area contributed by atoms with Crippen molar-refractivity contribution in [3.05, 3.63) is 64.2 Å². The lowest BCUT2D eigenvalue weighted by atomic mass is 9.88. The zero-order chi connectivity index (χ0) is 24.3. The molecule has 0 aliphatic carbocycles. The van der Waals surface area contributed by atoms with Gasteiger partial charge in [0.1, 0.15) is 17.9 Å². The van der Waals surface area contributed by atoms with Crippen molar-refractivity contribution >= 4 is 11.7 Å². The highest BCUT2D eigenvalue weighted by atomic mass is 16.5. The van der Waals surface area contributed by atoms with Crippen LogP contribution in [0.4, 0.5) is 0 Å². The largest absolute Gasteiger partial charge is 0.470 e. The highest BCUT2D eigenvalue weighted by Crippen LogP contribution is 2.28. The zero-order valence-corrected chi connectivity index (χ0v) is 19.7. The van der Waals surface area contributed by atoms with Crippen molar-refractivity contribution in [1.82, 2.24) is 25.2 Å². The van der Waals surface area contributed by atoms with Gasteiger partial charge in [0.2, 0.25) is 5.88 Å². The second-order valence-electron chi connectivity index (χ2n) is 9.04. The molecule has 0 saturated carbocycles. The van der Waals surface area contributed by atoms with Gasteiger partial charge in [-0.15, -0.1) is 5.10 Å². The van der Waals surface area contributed by atoms with Crippen molar-refractivity contribution < 1.29 is 14.1 Å². The minimum Gasteiger partial charge on any atom is -0.470 e. The van der Waals surface area contributed by atoms with Crippen molar-refractivity contribution in [3.63, 3.8) is 0 Å². The van der Waals surface area contributed by atoms with E-state index < -0.39 is 0 Å². The Labute approximate surface area is 192 Å². The van der Waals surface area contributed by atoms with Gasteiger partial charge in [-0.3, -0.25) is 20.6 Å². The predicted molar refractivity (Wildman–Crippen MR) is 121 cm³/mol. The molecule has 174 valence electrons. The van der Waals surface area contributed by atoms with E-state index in [1.165, 1.54) is 6.20 Å². The molecule has 0 aromatic carbocycles. The molecule has 10 heteroatoms. The van der Waals surface area contributed by atoms with E-state index in [0.717, 1.165) is 10.2 Å². The number of hydrogen-bond acceptors (Lipinski definition) is 8. The first-order valence-electron chi connectivity index (χ1n) is 10.6. The van der Waals surface area contributed by atoms with Crippen molar-refractivity contribution in [2.75, 3.05) is 0 Å². The molecule has 1 amide bonds. The van der Waals surface area contributed by atoms with Crippen molar-refractivity contribution in [3.8, 4) is 5.88 Å². The fourth-order valence-electron chi connectivity index (χ4n) is 2.99. The lowest BCUT2D eigenvalue weighted by Crippen LogP contribution is -2.32. The number of rotatable bonds is 6. The average molecular weight is 452 g/mol. The van der Waals surface area contributed by atoms with Gasteiger partial charge in [0.05, 0.1) is 11.3 Å². The quantitative estimate of drug-likeness (QED) is 0.388. The molecule has 33 heavy (non-hydrogen) atoms. The third-order valence-electron chi connectivity index (χ3n) is 4.68. The van der Waals surface area contributed by atoms with Crippen LogP contribution < -0.4 is 15.5 Å². The summed E-state index contributed by atoms with van der Waals surface area (Å²) in [5, 5.41) is 27.9. The second kappa shape index (κ2) is 9.35. The topological polar surface area (TPSA) is 143 Å². The van der Waals surface area contributed by atoms with E-state index in [0.29, 0.717) is 17.0 Å². The molecule has 0 fully saturated rings. The molecule has 0 radical (unpaired) electrons. The predicted octanol–water partition coefficient (Wildman–Crippen LogP) is 2.94. The van der Waals surface area contributed by atoms with Crippen LogP contribution >= 0.6 is 0 Å². The molecule has 0 atom stereocenters. The maximum absolute atomic E-state index is 12.1. The van der Waals surface area contributed by atoms with E-state index in [1.54, 1.807) is 31.2 Å². The number of hydrogen-bond donors (Lipinski definition) is 3. The SMILES string of the molecule is Cc1cc(C(=N)n2nc(OCc3ccc(C(=O)NC(C)C)cn3)c(C(C)(C)C)cc2=N)no1. The number of carbonyl (C=O) groups is 1. The molecule has 0 spiro atoms. The monoisotopic (exact) mass is 451 g/mol. The zero-order valence-electron chi connectivity index (χ0n) is 19.7. The molecule has 3 aromatic rings. The van der Waals surface area contributed by atoms with Gasteiger partial charge in [-0.25, -0.2) is 0 Å². The Hall–Kier alpha value is -3.82. The van der Waals surface area contributed by atoms with Crippen molar-refractivity contribution in [2.24, 2.45) is 0 Å². The summed E-state index contributed by atoms with van der Waals surface area (Å²) in [4.78, 5) is 16.4. The molecular formula is C23H29N7O3. The Morgan fingerprint density at radius 1 is 1.27 bits per heavy atom. The van der Waals surface area contributed by atoms with Gasteiger partial charge < -0.3 is 14.6 Å². The Kier molecular flexibility index (Phi) is 6.75. The van der Waals surface area contributed by atoms with Gasteiger partial charge in [-0.2, -0.15) is 4.68 Å². The molecule has 0 unspecified atom stereocenters. The van der Waals surface area contributed by atoms with Gasteiger partial charge in [-0.05, 0) is 44.4 Å². The third kappa shape index (κ3) is 5.71. The average Bonchev–Trinajstić information content (AvgIpc) is 3.17. The second-order valence-corrected chi connectivity index (χ2v) is 9.04. The van der Waals surface area contributed by atoms with E-state index in [1.807, 2.05) is 34.6 Å². The van der Waals surface area contributed by atoms with Crippen LogP contribution in [0, 0.1) is 17.7 Å². The summed E-state index contributed by atoms with van der Waals surface area (Å²) in [7, 11) is 0. The van der Waals surface area contributed by atoms with E-state index in [4.69, 9.17) is 20.1 Å². The van der Waals surface area contributed by atoms with Gasteiger partial charge in [-0.1, -0.05) is 25.9 Å². The fraction of sp³-hybridized carbons (Fsp3) is 0.391. The smallest absolute Gasteiger partial charge is 0.253 e. The maximum atomic E-state index is 12.1. The lowest BCUT2D eigenvalue weighted by molar-refractivity contribution is 0.0942. The van der Waals surface area contributed by atoms with E-state index in [9.17, 15) is 4.79 Å². The van der Waals surface area contributed by atoms with Crippen molar-refractivity contribution in [1.29, 1.82) is 10.8 Å². The normalized spacial score (nSPS) is 11.5. The highest BCUT2D eigenvalue weighted by Gasteiger charge is 2.23. The molecule has 10 nitrogen and oxygen atoms in total. The van der Waals surface area contributed by atoms with Gasteiger partial charge in [0.25, 0.3) is 5.91 Å². The number of amides is 1. The number of aromatic nitrogens is 4. The third-order valence-corrected chi connectivity index (χ3v) is 4.68. The van der Waals surface area contributed by atoms with Crippen LogP contribution in [0.2, 0.25) is 0 Å². The molecular weight excluding hydrogens is 422 g/mol. The summed E-state index contributed by atoms with van der Waals surface area (Å²) in [6.07, 6.45) is 1.50. The maximum Gasteiger partial charge on any atom is 0.253 e. The Bertz CT molecular complexity index is 1220. The molecule has 0 aliphatic rings. The first-order valence-corrected chi connectivity index (χ1v) is 10.6. The molecule has 0 aliphatic heterocycles. The number of ether oxygens (including phenoxy) is 1. The summed E-state index contributed by atoms with van der Waals surface area (Å²) >= 11 is 0. The number of nitrogens with one attached hydrogen (secondary N) is 3. The lowest BCUT2D eigenvalue weighted by Gasteiger charge is -2.22. The molecule has 3 aromatic heterocycles. The van der Waals surface area contributed by atoms with Crippen LogP contribution in [0.3, 0.4) is 0 Å². The number of aryl methyl sites for hydroxylation is 1. The molecule has 0 saturated heterocycles. The molecule has 3 N–H and O–H groups in total. The van der Waals surface area contributed by atoms with Crippen LogP contribution in [-0.2, 0) is 12.0 Å². The van der Waals surface area contributed by atoms with Gasteiger partial charge in [0.15, 0.2) is 11.5 Å². The van der Waals surface area contributed by atoms with Gasteiger partial charge >= 0.3 is 0 Å². The molecule has 3 rings (SSSR count). The number of pyridine rings is 1. The summed E-state index contributed by atoms with van der Waals surface area (Å²) in [6.45, 7) is 11.6. The standard InChI is InChI=1S/C23H29N7O3/c1-13(2)27-21(31)15-7-8-16(26-11-15)12-32-22-17(23(4,5)6)10-19(24)30(28-22)20(25)18-9-14(3)33-29-18/h7-11,13,24-25H,12H2,1-6H3,(H,27,31). The number of carbonyl (C=O) groups excluding carboxylic acids is 1.